The number of rotatable bonds is 21. The summed E-state index contributed by atoms with van der Waals surface area (Å²) in [6, 6.07) is -1.92. The van der Waals surface area contributed by atoms with E-state index in [-0.39, 0.29) is 61.6 Å². The number of Topliss-reactive ketones (excluding diaryl/α,β-unsaturated/α-hetero) is 1. The highest BCUT2D eigenvalue weighted by atomic mass is 127. The standard InChI is InChI=1S/C33H40I6N6O14/c1-11(50)44-26-22(36)16(20(34)17(23(26)37)30(56)41-4-13(52)8-47)29(55)27(40-3-12(51)7-46)33(59)45(2)28-24(38)18(31(57)42-5-14(53)9-48)21(35)19(25(28)39)32(58)43-6-15(54)10-49/h12-15,27,40,46-49,51-54H,3-10H2,1-2H3,(H,41,56)(H,42,57)(H,43,58)(H,44,50). The van der Waals surface area contributed by atoms with Crippen molar-refractivity contribution in [3.8, 4) is 0 Å². The van der Waals surface area contributed by atoms with Gasteiger partial charge < -0.3 is 67.0 Å². The summed E-state index contributed by atoms with van der Waals surface area (Å²) < 4.78 is 0.582. The van der Waals surface area contributed by atoms with Crippen LogP contribution in [0.3, 0.4) is 0 Å². The minimum Gasteiger partial charge on any atom is -0.394 e. The lowest BCUT2D eigenvalue weighted by molar-refractivity contribution is -0.119. The van der Waals surface area contributed by atoms with Gasteiger partial charge in [0.15, 0.2) is 11.8 Å². The zero-order valence-electron chi connectivity index (χ0n) is 30.8. The molecule has 5 amide bonds. The van der Waals surface area contributed by atoms with E-state index in [0.29, 0.717) is 0 Å². The first kappa shape index (κ1) is 54.6. The summed E-state index contributed by atoms with van der Waals surface area (Å²) in [6.45, 7) is -3.29. The second kappa shape index (κ2) is 25.7. The van der Waals surface area contributed by atoms with Gasteiger partial charge in [-0.25, -0.2) is 0 Å². The van der Waals surface area contributed by atoms with Crippen LogP contribution in [-0.2, 0) is 9.59 Å². The van der Waals surface area contributed by atoms with Crippen LogP contribution in [0.25, 0.3) is 0 Å². The molecule has 26 heteroatoms. The van der Waals surface area contributed by atoms with Crippen LogP contribution in [-0.4, -0.2) is 166 Å². The van der Waals surface area contributed by atoms with Gasteiger partial charge in [0, 0.05) is 56.4 Å². The molecule has 0 heterocycles. The Bertz CT molecular complexity index is 1870. The van der Waals surface area contributed by atoms with Gasteiger partial charge in [-0.1, -0.05) is 0 Å². The number of aliphatic hydroxyl groups excluding tert-OH is 8. The Morgan fingerprint density at radius 1 is 0.542 bits per heavy atom. The van der Waals surface area contributed by atoms with Crippen LogP contribution in [0, 0.1) is 21.4 Å². The molecule has 5 unspecified atom stereocenters. The van der Waals surface area contributed by atoms with E-state index in [1.165, 1.54) is 14.0 Å². The second-order valence-corrected chi connectivity index (χ2v) is 18.8. The Morgan fingerprint density at radius 3 is 1.25 bits per heavy atom. The molecule has 0 aliphatic heterocycles. The maximum Gasteiger partial charge on any atom is 0.253 e. The van der Waals surface area contributed by atoms with E-state index in [1.54, 1.807) is 136 Å². The van der Waals surface area contributed by atoms with Crippen LogP contribution >= 0.6 is 136 Å². The minimum atomic E-state index is -1.92. The van der Waals surface area contributed by atoms with E-state index < -0.39 is 112 Å². The monoisotopic (exact) mass is 1510 g/mol. The van der Waals surface area contributed by atoms with Crippen molar-refractivity contribution < 1.29 is 69.6 Å². The number of aliphatic hydroxyl groups is 8. The Labute approximate surface area is 419 Å². The second-order valence-electron chi connectivity index (χ2n) is 12.4. The highest BCUT2D eigenvalue weighted by Crippen LogP contribution is 2.39. The lowest BCUT2D eigenvalue weighted by Gasteiger charge is -2.29. The molecule has 20 nitrogen and oxygen atoms in total. The van der Waals surface area contributed by atoms with Crippen molar-refractivity contribution in [1.29, 1.82) is 0 Å². The molecule has 13 N–H and O–H groups in total. The number of hydrogen-bond acceptors (Lipinski definition) is 15. The molecule has 0 radical (unpaired) electrons. The van der Waals surface area contributed by atoms with E-state index in [4.69, 9.17) is 0 Å². The van der Waals surface area contributed by atoms with Crippen molar-refractivity contribution in [2.45, 2.75) is 37.4 Å². The zero-order valence-corrected chi connectivity index (χ0v) is 43.7. The molecule has 2 rings (SSSR count). The molecular formula is C33H40I6N6O14. The summed E-state index contributed by atoms with van der Waals surface area (Å²) in [5.41, 5.74) is -0.657. The summed E-state index contributed by atoms with van der Waals surface area (Å²) >= 11 is 10.6. The third-order valence-corrected chi connectivity index (χ3v) is 14.3. The van der Waals surface area contributed by atoms with Gasteiger partial charge in [0.1, 0.15) is 0 Å². The van der Waals surface area contributed by atoms with Gasteiger partial charge in [-0.3, -0.25) is 34.1 Å². The van der Waals surface area contributed by atoms with Crippen LogP contribution in [0.2, 0.25) is 0 Å². The molecule has 0 bridgehead atoms. The van der Waals surface area contributed by atoms with Crippen LogP contribution < -0.4 is 31.5 Å². The number of nitrogens with one attached hydrogen (secondary N) is 5. The molecule has 0 spiro atoms. The normalized spacial score (nSPS) is 13.8. The maximum absolute atomic E-state index is 14.8. The van der Waals surface area contributed by atoms with Gasteiger partial charge in [-0.05, 0) is 136 Å². The number of nitrogens with zero attached hydrogens (tertiary/aromatic N) is 1. The largest absolute Gasteiger partial charge is 0.394 e. The predicted octanol–water partition coefficient (Wildman–Crippen LogP) is -1.32. The number of carbonyl (C=O) groups is 6. The van der Waals surface area contributed by atoms with Crippen LogP contribution in [0.1, 0.15) is 48.4 Å². The molecule has 0 aliphatic carbocycles. The van der Waals surface area contributed by atoms with Gasteiger partial charge in [0.2, 0.25) is 5.91 Å². The fourth-order valence-electron chi connectivity index (χ4n) is 4.86. The first-order valence-corrected chi connectivity index (χ1v) is 23.3. The van der Waals surface area contributed by atoms with E-state index in [9.17, 15) is 69.6 Å². The summed E-state index contributed by atoms with van der Waals surface area (Å²) in [7, 11) is 1.24. The van der Waals surface area contributed by atoms with Crippen molar-refractivity contribution in [1.82, 2.24) is 21.3 Å². The molecule has 2 aromatic rings. The highest BCUT2D eigenvalue weighted by molar-refractivity contribution is 14.1. The van der Waals surface area contributed by atoms with E-state index in [2.05, 4.69) is 26.6 Å². The Morgan fingerprint density at radius 2 is 0.881 bits per heavy atom. The molecule has 2 aromatic carbocycles. The predicted molar refractivity (Wildman–Crippen MR) is 262 cm³/mol. The highest BCUT2D eigenvalue weighted by Gasteiger charge is 2.39. The molecule has 0 saturated carbocycles. The van der Waals surface area contributed by atoms with Gasteiger partial charge in [-0.2, -0.15) is 0 Å². The number of halogens is 6. The van der Waals surface area contributed by atoms with Crippen LogP contribution in [0.4, 0.5) is 11.4 Å². The fraction of sp³-hybridized carbons (Fsp3) is 0.455. The third-order valence-electron chi connectivity index (χ3n) is 7.91. The minimum absolute atomic E-state index is 0.0166. The average Bonchev–Trinajstić information content (AvgIpc) is 3.18. The lowest BCUT2D eigenvalue weighted by Crippen LogP contribution is -2.53. The lowest BCUT2D eigenvalue weighted by atomic mass is 9.98. The SMILES string of the molecule is CC(=O)Nc1c(I)c(C(=O)NCC(O)CO)c(I)c(C(=O)C(NCC(O)CO)C(=O)N(C)c2c(I)c(C(=O)NCC(O)CO)c(I)c(C(=O)NCC(O)CO)c2I)c1I. The van der Waals surface area contributed by atoms with Crippen molar-refractivity contribution in [3.05, 3.63) is 43.7 Å². The van der Waals surface area contributed by atoms with E-state index in [0.717, 1.165) is 4.90 Å². The maximum atomic E-state index is 14.8. The number of carbonyl (C=O) groups excluding carboxylic acids is 6. The number of anilines is 2. The molecule has 328 valence electrons. The first-order valence-electron chi connectivity index (χ1n) is 16.8. The van der Waals surface area contributed by atoms with Crippen molar-refractivity contribution in [2.24, 2.45) is 0 Å². The van der Waals surface area contributed by atoms with E-state index in [1.807, 2.05) is 0 Å². The first-order chi connectivity index (χ1) is 27.6. The average molecular weight is 1510 g/mol. The number of benzene rings is 2. The number of ketones is 1. The fourth-order valence-corrected chi connectivity index (χ4v) is 14.2. The molecule has 0 saturated heterocycles. The summed E-state index contributed by atoms with van der Waals surface area (Å²) in [4.78, 5) is 83.8. The Balaban J connectivity index is 2.96. The molecule has 0 aliphatic rings. The Kier molecular flexibility index (Phi) is 23.8. The number of hydrogen-bond donors (Lipinski definition) is 13. The van der Waals surface area contributed by atoms with Gasteiger partial charge in [0.25, 0.3) is 23.6 Å². The number of amides is 5. The van der Waals surface area contributed by atoms with Crippen molar-refractivity contribution in [2.75, 3.05) is 69.9 Å². The van der Waals surface area contributed by atoms with Gasteiger partial charge >= 0.3 is 0 Å². The summed E-state index contributed by atoms with van der Waals surface area (Å²) in [5, 5.41) is 90.1. The topological polar surface area (TPSA) is 328 Å². The quantitative estimate of drug-likeness (QED) is 0.0392. The molecule has 5 atom stereocenters. The zero-order chi connectivity index (χ0) is 45.0. The van der Waals surface area contributed by atoms with Crippen molar-refractivity contribution in [3.63, 3.8) is 0 Å². The molecule has 59 heavy (non-hydrogen) atoms. The van der Waals surface area contributed by atoms with Crippen LogP contribution in [0.15, 0.2) is 0 Å². The Hall–Kier alpha value is -0.520. The van der Waals surface area contributed by atoms with Crippen molar-refractivity contribution >= 4 is 182 Å². The van der Waals surface area contributed by atoms with Crippen LogP contribution in [0.5, 0.6) is 0 Å². The number of likely N-dealkylation sites (N-methyl/N-ethyl adjacent to an activating group) is 1. The molecule has 0 aromatic heterocycles. The van der Waals surface area contributed by atoms with Gasteiger partial charge in [-0.15, -0.1) is 0 Å². The smallest absolute Gasteiger partial charge is 0.253 e. The third kappa shape index (κ3) is 14.2. The molecule has 0 fully saturated rings. The van der Waals surface area contributed by atoms with Gasteiger partial charge in [0.05, 0.1) is 89.6 Å². The summed E-state index contributed by atoms with van der Waals surface area (Å²) in [5.74, 6) is -5.02. The summed E-state index contributed by atoms with van der Waals surface area (Å²) in [6.07, 6.45) is -5.47. The van der Waals surface area contributed by atoms with E-state index >= 15 is 0 Å². The molecular weight excluding hydrogens is 1470 g/mol.